The highest BCUT2D eigenvalue weighted by atomic mass is 127. The first-order valence-electron chi connectivity index (χ1n) is 5.61. The third-order valence-corrected chi connectivity index (χ3v) is 3.35. The Balaban J connectivity index is 2.37. The minimum Gasteiger partial charge on any atom is -0.478 e. The van der Waals surface area contributed by atoms with Crippen LogP contribution >= 0.6 is 22.6 Å². The van der Waals surface area contributed by atoms with Crippen molar-refractivity contribution >= 4 is 28.6 Å². The molecule has 0 unspecified atom stereocenters. The third kappa shape index (κ3) is 3.44. The monoisotopic (exact) mass is 369 g/mol. The first-order chi connectivity index (χ1) is 8.95. The number of nitrogens with zero attached hydrogens (tertiary/aromatic N) is 1. The number of pyridine rings is 1. The van der Waals surface area contributed by atoms with E-state index in [1.165, 1.54) is 6.07 Å². The number of ether oxygens (including phenoxy) is 1. The second-order valence-electron chi connectivity index (χ2n) is 4.14. The molecule has 0 aliphatic rings. The molecule has 1 heterocycles. The topological polar surface area (TPSA) is 59.4 Å². The minimum absolute atomic E-state index is 0.206. The number of hydrogen-bond acceptors (Lipinski definition) is 3. The number of aromatic carboxylic acids is 1. The number of benzene rings is 1. The predicted molar refractivity (Wildman–Crippen MR) is 79.9 cm³/mol. The van der Waals surface area contributed by atoms with Gasteiger partial charge in [0.1, 0.15) is 11.5 Å². The highest BCUT2D eigenvalue weighted by molar-refractivity contribution is 14.1. The summed E-state index contributed by atoms with van der Waals surface area (Å²) in [6, 6.07) is 8.43. The number of halogens is 1. The Labute approximate surface area is 124 Å². The van der Waals surface area contributed by atoms with E-state index >= 15 is 0 Å². The molecular formula is C14H12INO3. The molecular weight excluding hydrogens is 357 g/mol. The van der Waals surface area contributed by atoms with Crippen LogP contribution in [0.15, 0.2) is 30.3 Å². The van der Waals surface area contributed by atoms with E-state index in [2.05, 4.69) is 27.6 Å². The summed E-state index contributed by atoms with van der Waals surface area (Å²) in [7, 11) is 0. The van der Waals surface area contributed by atoms with Gasteiger partial charge in [-0.25, -0.2) is 4.79 Å². The zero-order chi connectivity index (χ0) is 14.0. The summed E-state index contributed by atoms with van der Waals surface area (Å²) in [6.45, 7) is 3.77. The molecule has 0 bridgehead atoms. The number of hydrogen-bond donors (Lipinski definition) is 1. The van der Waals surface area contributed by atoms with Crippen LogP contribution in [0, 0.1) is 17.4 Å². The number of carboxylic acids is 1. The summed E-state index contributed by atoms with van der Waals surface area (Å²) in [5, 5.41) is 8.99. The van der Waals surface area contributed by atoms with Gasteiger partial charge in [0, 0.05) is 23.5 Å². The highest BCUT2D eigenvalue weighted by Crippen LogP contribution is 2.28. The van der Waals surface area contributed by atoms with E-state index in [4.69, 9.17) is 9.84 Å². The van der Waals surface area contributed by atoms with E-state index < -0.39 is 5.97 Å². The summed E-state index contributed by atoms with van der Waals surface area (Å²) >= 11 is 2.11. The molecule has 0 aliphatic heterocycles. The van der Waals surface area contributed by atoms with Crippen LogP contribution in [0.2, 0.25) is 0 Å². The van der Waals surface area contributed by atoms with Gasteiger partial charge in [-0.1, -0.05) is 0 Å². The van der Waals surface area contributed by atoms with Crippen LogP contribution in [0.25, 0.3) is 0 Å². The quantitative estimate of drug-likeness (QED) is 0.837. The molecule has 0 saturated carbocycles. The maximum Gasteiger partial charge on any atom is 0.335 e. The van der Waals surface area contributed by atoms with E-state index in [-0.39, 0.29) is 5.56 Å². The molecule has 4 nitrogen and oxygen atoms in total. The van der Waals surface area contributed by atoms with Crippen LogP contribution in [0.1, 0.15) is 21.7 Å². The van der Waals surface area contributed by atoms with Crippen LogP contribution in [0.5, 0.6) is 11.5 Å². The predicted octanol–water partition coefficient (Wildman–Crippen LogP) is 3.79. The van der Waals surface area contributed by atoms with Gasteiger partial charge < -0.3 is 9.84 Å². The van der Waals surface area contributed by atoms with Gasteiger partial charge in [-0.3, -0.25) is 4.98 Å². The summed E-state index contributed by atoms with van der Waals surface area (Å²) in [4.78, 5) is 15.2. The number of carboxylic acid groups (broad SMARTS) is 1. The van der Waals surface area contributed by atoms with Gasteiger partial charge in [0.25, 0.3) is 0 Å². The average molecular weight is 369 g/mol. The van der Waals surface area contributed by atoms with Gasteiger partial charge >= 0.3 is 5.97 Å². The molecule has 0 spiro atoms. The second kappa shape index (κ2) is 5.56. The molecule has 5 heteroatoms. The fourth-order valence-electron chi connectivity index (χ4n) is 1.70. The van der Waals surface area contributed by atoms with E-state index in [9.17, 15) is 4.79 Å². The zero-order valence-electron chi connectivity index (χ0n) is 10.5. The molecule has 0 atom stereocenters. The van der Waals surface area contributed by atoms with Gasteiger partial charge in [-0.15, -0.1) is 0 Å². The lowest BCUT2D eigenvalue weighted by Crippen LogP contribution is -1.98. The Morgan fingerprint density at radius 1 is 1.21 bits per heavy atom. The van der Waals surface area contributed by atoms with Crippen molar-refractivity contribution < 1.29 is 14.6 Å². The van der Waals surface area contributed by atoms with Gasteiger partial charge in [0.05, 0.1) is 9.13 Å². The third-order valence-electron chi connectivity index (χ3n) is 2.46. The summed E-state index contributed by atoms with van der Waals surface area (Å²) in [6.07, 6.45) is 0. The molecule has 0 amide bonds. The van der Waals surface area contributed by atoms with Gasteiger partial charge in [-0.2, -0.15) is 0 Å². The maximum atomic E-state index is 11.0. The Morgan fingerprint density at radius 2 is 1.84 bits per heavy atom. The van der Waals surface area contributed by atoms with Crippen molar-refractivity contribution in [3.05, 3.63) is 50.9 Å². The normalized spacial score (nSPS) is 10.3. The fraction of sp³-hybridized carbons (Fsp3) is 0.143. The second-order valence-corrected chi connectivity index (χ2v) is 5.30. The average Bonchev–Trinajstić information content (AvgIpc) is 2.30. The zero-order valence-corrected chi connectivity index (χ0v) is 12.6. The van der Waals surface area contributed by atoms with E-state index in [1.807, 2.05) is 26.0 Å². The van der Waals surface area contributed by atoms with Crippen molar-refractivity contribution in [2.75, 3.05) is 0 Å². The van der Waals surface area contributed by atoms with Crippen molar-refractivity contribution in [1.29, 1.82) is 0 Å². The first kappa shape index (κ1) is 13.8. The van der Waals surface area contributed by atoms with Gasteiger partial charge in [0.2, 0.25) is 0 Å². The highest BCUT2D eigenvalue weighted by Gasteiger charge is 2.09. The lowest BCUT2D eigenvalue weighted by atomic mass is 10.2. The molecule has 0 saturated heterocycles. The van der Waals surface area contributed by atoms with Gasteiger partial charge in [0.15, 0.2) is 0 Å². The molecule has 1 aromatic heterocycles. The van der Waals surface area contributed by atoms with Crippen molar-refractivity contribution in [3.8, 4) is 11.5 Å². The number of carbonyl (C=O) groups is 1. The lowest BCUT2D eigenvalue weighted by molar-refractivity contribution is 0.0696. The van der Waals surface area contributed by atoms with Crippen molar-refractivity contribution in [1.82, 2.24) is 4.98 Å². The van der Waals surface area contributed by atoms with E-state index in [0.717, 1.165) is 15.0 Å². The SMILES string of the molecule is Cc1cc(Oc2cc(C(=O)O)ccc2I)cc(C)n1. The first-order valence-corrected chi connectivity index (χ1v) is 6.69. The summed E-state index contributed by atoms with van der Waals surface area (Å²) in [5.74, 6) is 0.222. The molecule has 0 radical (unpaired) electrons. The largest absolute Gasteiger partial charge is 0.478 e. The van der Waals surface area contributed by atoms with Crippen molar-refractivity contribution in [2.45, 2.75) is 13.8 Å². The maximum absolute atomic E-state index is 11.0. The van der Waals surface area contributed by atoms with Crippen LogP contribution in [-0.2, 0) is 0 Å². The van der Waals surface area contributed by atoms with Gasteiger partial charge in [-0.05, 0) is 54.6 Å². The Hall–Kier alpha value is -1.63. The number of aromatic nitrogens is 1. The molecule has 2 aromatic rings. The Bertz CT molecular complexity index is 620. The van der Waals surface area contributed by atoms with Crippen molar-refractivity contribution in [3.63, 3.8) is 0 Å². The van der Waals surface area contributed by atoms with E-state index in [0.29, 0.717) is 11.5 Å². The van der Waals surface area contributed by atoms with Crippen LogP contribution in [0.4, 0.5) is 0 Å². The van der Waals surface area contributed by atoms with E-state index in [1.54, 1.807) is 12.1 Å². The minimum atomic E-state index is -0.969. The van der Waals surface area contributed by atoms with Crippen LogP contribution in [0.3, 0.4) is 0 Å². The number of rotatable bonds is 3. The fourth-order valence-corrected chi connectivity index (χ4v) is 2.14. The molecule has 2 rings (SSSR count). The molecule has 1 N–H and O–H groups in total. The molecule has 0 fully saturated rings. The molecule has 98 valence electrons. The standard InChI is InChI=1S/C14H12INO3/c1-8-5-11(6-9(2)16-8)19-13-7-10(14(17)18)3-4-12(13)15/h3-7H,1-2H3,(H,17,18). The Kier molecular flexibility index (Phi) is 4.04. The summed E-state index contributed by atoms with van der Waals surface area (Å²) in [5.41, 5.74) is 1.93. The molecule has 19 heavy (non-hydrogen) atoms. The van der Waals surface area contributed by atoms with Crippen LogP contribution in [-0.4, -0.2) is 16.1 Å². The van der Waals surface area contributed by atoms with Crippen LogP contribution < -0.4 is 4.74 Å². The molecule has 1 aromatic carbocycles. The smallest absolute Gasteiger partial charge is 0.335 e. The number of aryl methyl sites for hydroxylation is 2. The Morgan fingerprint density at radius 3 is 2.42 bits per heavy atom. The lowest BCUT2D eigenvalue weighted by Gasteiger charge is -2.10. The summed E-state index contributed by atoms with van der Waals surface area (Å²) < 4.78 is 6.61. The van der Waals surface area contributed by atoms with Crippen molar-refractivity contribution in [2.24, 2.45) is 0 Å². The molecule has 0 aliphatic carbocycles.